The molecule has 0 aliphatic rings. The molecule has 1 heterocycles. The highest BCUT2D eigenvalue weighted by Gasteiger charge is 2.45. The van der Waals surface area contributed by atoms with E-state index in [4.69, 9.17) is 0 Å². The fourth-order valence-corrected chi connectivity index (χ4v) is 5.68. The van der Waals surface area contributed by atoms with Gasteiger partial charge in [-0.2, -0.15) is 5.10 Å². The van der Waals surface area contributed by atoms with Crippen molar-refractivity contribution < 1.29 is 22.3 Å². The first-order chi connectivity index (χ1) is 15.2. The molecule has 0 radical (unpaired) electrons. The van der Waals surface area contributed by atoms with E-state index in [9.17, 15) is 22.3 Å². The Morgan fingerprint density at radius 3 is 2.25 bits per heavy atom. The van der Waals surface area contributed by atoms with Gasteiger partial charge in [-0.15, -0.1) is 0 Å². The maximum atomic E-state index is 14.6. The van der Waals surface area contributed by atoms with Gasteiger partial charge >= 0.3 is 0 Å². The van der Waals surface area contributed by atoms with E-state index in [1.807, 2.05) is 0 Å². The lowest BCUT2D eigenvalue weighted by Crippen LogP contribution is -2.47. The maximum Gasteiger partial charge on any atom is 0.156 e. The molecule has 2 rings (SSSR count). The van der Waals surface area contributed by atoms with Crippen LogP contribution in [0.15, 0.2) is 30.9 Å². The topological polar surface area (TPSA) is 85.1 Å². The Balaban J connectivity index is 2.05. The molecule has 2 aromatic rings. The van der Waals surface area contributed by atoms with Crippen molar-refractivity contribution in [1.29, 1.82) is 0 Å². The first-order valence-corrected chi connectivity index (χ1v) is 13.1. The molecule has 6 nitrogen and oxygen atoms in total. The third-order valence-corrected chi connectivity index (χ3v) is 8.34. The lowest BCUT2D eigenvalue weighted by atomic mass is 9.90. The van der Waals surface area contributed by atoms with Gasteiger partial charge in [-0.3, -0.25) is 0 Å². The Kier molecular flexibility index (Phi) is 10.2. The van der Waals surface area contributed by atoms with E-state index in [-0.39, 0.29) is 17.9 Å². The smallest absolute Gasteiger partial charge is 0.156 e. The van der Waals surface area contributed by atoms with Crippen molar-refractivity contribution in [2.75, 3.05) is 5.75 Å². The van der Waals surface area contributed by atoms with Crippen LogP contribution in [0.1, 0.15) is 77.2 Å². The minimum Gasteiger partial charge on any atom is -0.382 e. The predicted octanol–water partition coefficient (Wildman–Crippen LogP) is 4.78. The van der Waals surface area contributed by atoms with Gasteiger partial charge in [0.15, 0.2) is 9.84 Å². The second-order valence-corrected chi connectivity index (χ2v) is 10.9. The van der Waals surface area contributed by atoms with Gasteiger partial charge in [-0.05, 0) is 19.4 Å². The van der Waals surface area contributed by atoms with E-state index in [2.05, 4.69) is 17.0 Å². The number of benzene rings is 1. The summed E-state index contributed by atoms with van der Waals surface area (Å²) in [5.41, 5.74) is -2.42. The zero-order chi connectivity index (χ0) is 23.6. The Morgan fingerprint density at radius 1 is 1.06 bits per heavy atom. The summed E-state index contributed by atoms with van der Waals surface area (Å²) in [5, 5.41) is 14.0. The molecule has 9 heteroatoms. The number of unbranched alkanes of at least 4 members (excludes halogenated alkanes) is 8. The largest absolute Gasteiger partial charge is 0.382 e. The van der Waals surface area contributed by atoms with Crippen LogP contribution in [0.3, 0.4) is 0 Å². The number of rotatable bonds is 15. The van der Waals surface area contributed by atoms with E-state index in [0.29, 0.717) is 12.5 Å². The van der Waals surface area contributed by atoms with Gasteiger partial charge in [0, 0.05) is 11.6 Å². The van der Waals surface area contributed by atoms with Crippen LogP contribution in [0.5, 0.6) is 0 Å². The van der Waals surface area contributed by atoms with Crippen LogP contribution in [-0.4, -0.2) is 39.3 Å². The summed E-state index contributed by atoms with van der Waals surface area (Å²) in [5.74, 6) is -1.91. The molecule has 0 aliphatic carbocycles. The summed E-state index contributed by atoms with van der Waals surface area (Å²) in [6.07, 6.45) is 11.9. The third-order valence-electron chi connectivity index (χ3n) is 6.01. The van der Waals surface area contributed by atoms with Crippen molar-refractivity contribution in [3.63, 3.8) is 0 Å². The number of hydrogen-bond acceptors (Lipinski definition) is 5. The fraction of sp³-hybridized carbons (Fsp3) is 0.652. The molecular weight excluding hydrogens is 436 g/mol. The van der Waals surface area contributed by atoms with Gasteiger partial charge in [0.25, 0.3) is 0 Å². The van der Waals surface area contributed by atoms with Crippen molar-refractivity contribution in [2.24, 2.45) is 0 Å². The summed E-state index contributed by atoms with van der Waals surface area (Å²) in [6, 6.07) is 2.73. The normalized spacial score (nSPS) is 14.9. The van der Waals surface area contributed by atoms with Crippen LogP contribution in [0.25, 0.3) is 0 Å². The van der Waals surface area contributed by atoms with Gasteiger partial charge in [-0.1, -0.05) is 64.4 Å². The van der Waals surface area contributed by atoms with Gasteiger partial charge in [0.05, 0.1) is 17.5 Å². The van der Waals surface area contributed by atoms with E-state index < -0.39 is 32.3 Å². The molecule has 1 N–H and O–H groups in total. The van der Waals surface area contributed by atoms with Crippen LogP contribution in [0.2, 0.25) is 0 Å². The van der Waals surface area contributed by atoms with E-state index in [0.717, 1.165) is 37.8 Å². The number of sulfone groups is 1. The summed E-state index contributed by atoms with van der Waals surface area (Å²) in [7, 11) is -3.77. The number of halogens is 2. The minimum absolute atomic E-state index is 0.105. The summed E-state index contributed by atoms with van der Waals surface area (Å²) in [4.78, 5) is 3.80. The average Bonchev–Trinajstić information content (AvgIpc) is 3.24. The first kappa shape index (κ1) is 26.4. The van der Waals surface area contributed by atoms with E-state index >= 15 is 0 Å². The second kappa shape index (κ2) is 12.4. The second-order valence-electron chi connectivity index (χ2n) is 8.48. The highest BCUT2D eigenvalue weighted by Crippen LogP contribution is 2.34. The summed E-state index contributed by atoms with van der Waals surface area (Å²) < 4.78 is 55.4. The van der Waals surface area contributed by atoms with E-state index in [1.165, 1.54) is 49.9 Å². The molecule has 0 bridgehead atoms. The van der Waals surface area contributed by atoms with Crippen molar-refractivity contribution >= 4 is 9.84 Å². The lowest BCUT2D eigenvalue weighted by molar-refractivity contribution is 0.0110. The summed E-state index contributed by atoms with van der Waals surface area (Å²) in [6.45, 7) is 3.22. The molecule has 180 valence electrons. The molecule has 1 aromatic heterocycles. The Labute approximate surface area is 190 Å². The molecular formula is C23H35F2N3O3S. The standard InChI is InChI=1S/C23H35F2N3O3S/c1-3-4-5-6-7-8-9-10-11-14-32(30,31)19(2)23(29,16-28-18-26-17-27-28)21-13-12-20(24)15-22(21)25/h12-13,15,17-19,29H,3-11,14,16H2,1-2H3/t19-,23-/m1/s1. The molecule has 0 saturated carbocycles. The number of nitrogens with zero attached hydrogens (tertiary/aromatic N) is 3. The highest BCUT2D eigenvalue weighted by atomic mass is 32.2. The molecule has 32 heavy (non-hydrogen) atoms. The molecule has 0 aliphatic heterocycles. The number of aliphatic hydroxyl groups is 1. The monoisotopic (exact) mass is 471 g/mol. The van der Waals surface area contributed by atoms with Crippen molar-refractivity contribution in [2.45, 2.75) is 89.0 Å². The molecule has 2 atom stereocenters. The van der Waals surface area contributed by atoms with Crippen LogP contribution >= 0.6 is 0 Å². The Hall–Kier alpha value is -1.87. The van der Waals surface area contributed by atoms with Gasteiger partial charge < -0.3 is 5.11 Å². The molecule has 0 spiro atoms. The average molecular weight is 472 g/mol. The van der Waals surface area contributed by atoms with Crippen LogP contribution in [-0.2, 0) is 22.0 Å². The van der Waals surface area contributed by atoms with Gasteiger partial charge in [-0.25, -0.2) is 26.9 Å². The molecule has 0 saturated heterocycles. The Bertz CT molecular complexity index is 923. The fourth-order valence-electron chi connectivity index (χ4n) is 3.92. The predicted molar refractivity (Wildman–Crippen MR) is 121 cm³/mol. The zero-order valence-corrected chi connectivity index (χ0v) is 19.8. The zero-order valence-electron chi connectivity index (χ0n) is 19.0. The number of aromatic nitrogens is 3. The molecule has 0 amide bonds. The number of hydrogen-bond donors (Lipinski definition) is 1. The van der Waals surface area contributed by atoms with Crippen molar-refractivity contribution in [3.8, 4) is 0 Å². The van der Waals surface area contributed by atoms with Gasteiger partial charge in [0.2, 0.25) is 0 Å². The SMILES string of the molecule is CCCCCCCCCCCS(=O)(=O)[C@H](C)[C@](O)(Cn1cncn1)c1ccc(F)cc1F. The van der Waals surface area contributed by atoms with Crippen molar-refractivity contribution in [1.82, 2.24) is 14.8 Å². The maximum absolute atomic E-state index is 14.6. The molecule has 1 aromatic carbocycles. The van der Waals surface area contributed by atoms with Crippen LogP contribution in [0, 0.1) is 11.6 Å². The van der Waals surface area contributed by atoms with Gasteiger partial charge in [0.1, 0.15) is 29.9 Å². The molecule has 0 unspecified atom stereocenters. The summed E-state index contributed by atoms with van der Waals surface area (Å²) >= 11 is 0. The third kappa shape index (κ3) is 7.33. The van der Waals surface area contributed by atoms with Crippen LogP contribution < -0.4 is 0 Å². The van der Waals surface area contributed by atoms with Crippen LogP contribution in [0.4, 0.5) is 8.78 Å². The van der Waals surface area contributed by atoms with Crippen molar-refractivity contribution in [3.05, 3.63) is 48.1 Å². The quantitative estimate of drug-likeness (QED) is 0.378. The van der Waals surface area contributed by atoms with E-state index in [1.54, 1.807) is 0 Å². The molecule has 0 fully saturated rings. The Morgan fingerprint density at radius 2 is 1.69 bits per heavy atom. The lowest BCUT2D eigenvalue weighted by Gasteiger charge is -2.34. The first-order valence-electron chi connectivity index (χ1n) is 11.4. The highest BCUT2D eigenvalue weighted by molar-refractivity contribution is 7.92. The minimum atomic E-state index is -3.77.